The Balaban J connectivity index is 3.02. The molecule has 4 heteroatoms. The lowest BCUT2D eigenvalue weighted by atomic mass is 10.1. The molecule has 0 aromatic rings. The maximum atomic E-state index is 14.7. The summed E-state index contributed by atoms with van der Waals surface area (Å²) < 4.78 is 35.7. The second kappa shape index (κ2) is 7.34. The Bertz CT molecular complexity index is 412. The second-order valence-electron chi connectivity index (χ2n) is 8.52. The Morgan fingerprint density at radius 2 is 1.65 bits per heavy atom. The van der Waals surface area contributed by atoms with Crippen LogP contribution in [0.25, 0.3) is 0 Å². The molecule has 0 spiro atoms. The molecule has 2 atom stereocenters. The minimum absolute atomic E-state index is 0.0643. The van der Waals surface area contributed by atoms with E-state index in [2.05, 4.69) is 40.8 Å². The highest BCUT2D eigenvalue weighted by atomic mass is 28.4. The van der Waals surface area contributed by atoms with Crippen LogP contribution in [-0.4, -0.2) is 19.8 Å². The topological polar surface area (TPSA) is 9.23 Å². The summed E-state index contributed by atoms with van der Waals surface area (Å²) in [5.74, 6) is -3.37. The highest BCUT2D eigenvalue weighted by Gasteiger charge is 2.81. The molecule has 0 bridgehead atoms. The van der Waals surface area contributed by atoms with Gasteiger partial charge in [-0.25, -0.2) is 8.78 Å². The molecule has 0 saturated heterocycles. The van der Waals surface area contributed by atoms with E-state index in [1.807, 2.05) is 13.0 Å². The Hall–Kier alpha value is -0.223. The van der Waals surface area contributed by atoms with Gasteiger partial charge in [-0.15, -0.1) is 0 Å². The van der Waals surface area contributed by atoms with Crippen LogP contribution < -0.4 is 0 Å². The van der Waals surface area contributed by atoms with Crippen molar-refractivity contribution in [1.82, 2.24) is 0 Å². The van der Waals surface area contributed by atoms with E-state index in [4.69, 9.17) is 4.43 Å². The predicted molar refractivity (Wildman–Crippen MR) is 97.6 cm³/mol. The summed E-state index contributed by atoms with van der Waals surface area (Å²) in [5.41, 5.74) is -1.35. The molecule has 0 amide bonds. The first-order valence-electron chi connectivity index (χ1n) is 9.22. The van der Waals surface area contributed by atoms with Gasteiger partial charge in [-0.05, 0) is 31.0 Å². The molecule has 0 heterocycles. The largest absolute Gasteiger partial charge is 0.402 e. The fourth-order valence-electron chi connectivity index (χ4n) is 2.83. The predicted octanol–water partition coefficient (Wildman–Crippen LogP) is 6.95. The van der Waals surface area contributed by atoms with Crippen molar-refractivity contribution in [2.45, 2.75) is 103 Å². The smallest absolute Gasteiger partial charge is 0.285 e. The van der Waals surface area contributed by atoms with Crippen molar-refractivity contribution < 1.29 is 13.2 Å². The minimum atomic E-state index is -2.72. The van der Waals surface area contributed by atoms with Crippen molar-refractivity contribution in [3.8, 4) is 0 Å². The molecule has 0 aliphatic heterocycles. The molecule has 1 saturated carbocycles. The van der Waals surface area contributed by atoms with Crippen molar-refractivity contribution in [3.05, 3.63) is 12.2 Å². The number of alkyl halides is 2. The summed E-state index contributed by atoms with van der Waals surface area (Å²) in [4.78, 5) is 0. The molecule has 0 aromatic carbocycles. The molecule has 0 N–H and O–H groups in total. The molecule has 0 radical (unpaired) electrons. The van der Waals surface area contributed by atoms with Crippen LogP contribution in [0.5, 0.6) is 0 Å². The number of rotatable bonds is 9. The first kappa shape index (κ1) is 20.8. The summed E-state index contributed by atoms with van der Waals surface area (Å²) in [7, 11) is -2.25. The third kappa shape index (κ3) is 4.25. The van der Waals surface area contributed by atoms with E-state index in [9.17, 15) is 8.78 Å². The zero-order valence-electron chi connectivity index (χ0n) is 16.1. The Labute approximate surface area is 143 Å². The summed E-state index contributed by atoms with van der Waals surface area (Å²) >= 11 is 0. The molecule has 0 unspecified atom stereocenters. The Kier molecular flexibility index (Phi) is 6.65. The van der Waals surface area contributed by atoms with Crippen LogP contribution in [0.2, 0.25) is 18.1 Å². The van der Waals surface area contributed by atoms with Crippen LogP contribution in [0.1, 0.15) is 73.1 Å². The van der Waals surface area contributed by atoms with Crippen LogP contribution in [-0.2, 0) is 4.43 Å². The van der Waals surface area contributed by atoms with E-state index < -0.39 is 25.8 Å². The van der Waals surface area contributed by atoms with Gasteiger partial charge in [0.25, 0.3) is 5.92 Å². The highest BCUT2D eigenvalue weighted by molar-refractivity contribution is 6.74. The van der Waals surface area contributed by atoms with E-state index >= 15 is 0 Å². The molecule has 1 nitrogen and oxygen atoms in total. The van der Waals surface area contributed by atoms with Gasteiger partial charge in [0.05, 0.1) is 5.92 Å². The van der Waals surface area contributed by atoms with Crippen LogP contribution in [0, 0.1) is 5.92 Å². The Morgan fingerprint density at radius 3 is 2.13 bits per heavy atom. The van der Waals surface area contributed by atoms with Crippen LogP contribution in [0.4, 0.5) is 8.78 Å². The number of allylic oxidation sites excluding steroid dienone is 1. The lowest BCUT2D eigenvalue weighted by Crippen LogP contribution is -2.46. The summed E-state index contributed by atoms with van der Waals surface area (Å²) in [6, 6.07) is 0. The zero-order valence-corrected chi connectivity index (χ0v) is 17.1. The van der Waals surface area contributed by atoms with Crippen LogP contribution in [0.3, 0.4) is 0 Å². The van der Waals surface area contributed by atoms with E-state index in [1.54, 1.807) is 6.08 Å². The molecule has 0 aromatic heterocycles. The van der Waals surface area contributed by atoms with Gasteiger partial charge in [0.2, 0.25) is 0 Å². The average molecular weight is 347 g/mol. The van der Waals surface area contributed by atoms with E-state index in [1.165, 1.54) is 0 Å². The van der Waals surface area contributed by atoms with Crippen molar-refractivity contribution in [2.75, 3.05) is 0 Å². The van der Waals surface area contributed by atoms with Gasteiger partial charge in [-0.2, -0.15) is 0 Å². The van der Waals surface area contributed by atoms with Crippen molar-refractivity contribution in [2.24, 2.45) is 5.92 Å². The second-order valence-corrected chi connectivity index (χ2v) is 13.2. The zero-order chi connectivity index (χ0) is 17.9. The van der Waals surface area contributed by atoms with E-state index in [0.29, 0.717) is 6.42 Å². The summed E-state index contributed by atoms with van der Waals surface area (Å²) in [5, 5.41) is -0.0643. The minimum Gasteiger partial charge on any atom is -0.402 e. The molecular weight excluding hydrogens is 310 g/mol. The maximum absolute atomic E-state index is 14.7. The quantitative estimate of drug-likeness (QED) is 0.249. The van der Waals surface area contributed by atoms with Crippen molar-refractivity contribution in [3.63, 3.8) is 0 Å². The maximum Gasteiger partial charge on any atom is 0.285 e. The van der Waals surface area contributed by atoms with E-state index in [0.717, 1.165) is 32.1 Å². The number of hydrogen-bond donors (Lipinski definition) is 0. The number of halogens is 2. The molecular formula is C19H36F2OSi. The fraction of sp³-hybridized carbons (Fsp3) is 0.895. The van der Waals surface area contributed by atoms with Crippen LogP contribution in [0.15, 0.2) is 12.2 Å². The highest BCUT2D eigenvalue weighted by Crippen LogP contribution is 2.66. The average Bonchev–Trinajstić information content (AvgIpc) is 2.85. The van der Waals surface area contributed by atoms with Crippen LogP contribution >= 0.6 is 0 Å². The first-order valence-corrected chi connectivity index (χ1v) is 12.1. The van der Waals surface area contributed by atoms with Gasteiger partial charge in [-0.1, -0.05) is 72.5 Å². The number of unbranched alkanes of at least 4 members (excludes halogenated alkanes) is 3. The first-order chi connectivity index (χ1) is 10.5. The molecule has 23 heavy (non-hydrogen) atoms. The monoisotopic (exact) mass is 346 g/mol. The lowest BCUT2D eigenvalue weighted by Gasteiger charge is -2.39. The Morgan fingerprint density at radius 1 is 1.09 bits per heavy atom. The third-order valence-electron chi connectivity index (χ3n) is 5.56. The molecule has 1 aliphatic carbocycles. The van der Waals surface area contributed by atoms with Gasteiger partial charge in [-0.3, -0.25) is 0 Å². The van der Waals surface area contributed by atoms with Gasteiger partial charge >= 0.3 is 0 Å². The molecule has 1 rings (SSSR count). The third-order valence-corrected chi connectivity index (χ3v) is 10.0. The fourth-order valence-corrected chi connectivity index (χ4v) is 4.33. The summed E-state index contributed by atoms with van der Waals surface area (Å²) in [6.07, 6.45) is 8.95. The SMILES string of the molecule is CCCC/C=C/[C@@]1(O[Si](C)(C)C(C)(C)C)[C@H](CCCC)C1(F)F. The standard InChI is InChI=1S/C19H36F2OSi/c1-8-10-12-13-15-18(22-23(6,7)17(3,4)5)16(14-11-9-2)19(18,20)21/h13,15-16H,8-12,14H2,1-7H3/b15-13+/t16-,18+/m0/s1. The molecule has 136 valence electrons. The van der Waals surface area contributed by atoms with E-state index in [-0.39, 0.29) is 5.04 Å². The van der Waals surface area contributed by atoms with Crippen molar-refractivity contribution >= 4 is 8.32 Å². The number of hydrogen-bond acceptors (Lipinski definition) is 1. The molecule has 1 aliphatic rings. The van der Waals surface area contributed by atoms with Gasteiger partial charge in [0.15, 0.2) is 8.32 Å². The van der Waals surface area contributed by atoms with Gasteiger partial charge in [0, 0.05) is 0 Å². The normalized spacial score (nSPS) is 27.6. The lowest BCUT2D eigenvalue weighted by molar-refractivity contribution is 0.0254. The molecule has 1 fully saturated rings. The van der Waals surface area contributed by atoms with Gasteiger partial charge < -0.3 is 4.43 Å². The van der Waals surface area contributed by atoms with Gasteiger partial charge in [0.1, 0.15) is 5.60 Å². The summed E-state index contributed by atoms with van der Waals surface area (Å²) in [6.45, 7) is 14.6. The van der Waals surface area contributed by atoms with Crippen molar-refractivity contribution in [1.29, 1.82) is 0 Å².